The predicted molar refractivity (Wildman–Crippen MR) is 74.0 cm³/mol. The van der Waals surface area contributed by atoms with Gasteiger partial charge in [-0.15, -0.1) is 0 Å². The summed E-state index contributed by atoms with van der Waals surface area (Å²) in [6.07, 6.45) is 1.01. The number of amides is 1. The number of benzene rings is 1. The molecule has 6 heteroatoms. The molecule has 1 aromatic carbocycles. The number of anilines is 1. The van der Waals surface area contributed by atoms with Crippen molar-refractivity contribution in [3.05, 3.63) is 29.0 Å². The minimum Gasteiger partial charge on any atom is -0.322 e. The van der Waals surface area contributed by atoms with Gasteiger partial charge < -0.3 is 10.6 Å². The van der Waals surface area contributed by atoms with Gasteiger partial charge in [-0.2, -0.15) is 0 Å². The predicted octanol–water partition coefficient (Wildman–Crippen LogP) is 1.71. The zero-order valence-electron chi connectivity index (χ0n) is 10.6. The molecule has 0 saturated carbocycles. The molecule has 1 aliphatic heterocycles. The monoisotopic (exact) mass is 285 g/mol. The topological polar surface area (TPSA) is 44.4 Å². The molecule has 1 heterocycles. The number of carbonyl (C=O) groups is 1. The second-order valence-corrected chi connectivity index (χ2v) is 4.94. The first-order valence-electron chi connectivity index (χ1n) is 6.34. The van der Waals surface area contributed by atoms with Crippen LogP contribution in [0.25, 0.3) is 0 Å². The van der Waals surface area contributed by atoms with Crippen LogP contribution in [0.5, 0.6) is 0 Å². The third-order valence-corrected chi connectivity index (χ3v) is 3.32. The van der Waals surface area contributed by atoms with E-state index < -0.39 is 5.82 Å². The van der Waals surface area contributed by atoms with E-state index in [0.717, 1.165) is 32.6 Å². The fourth-order valence-corrected chi connectivity index (χ4v) is 2.23. The molecule has 104 valence electrons. The summed E-state index contributed by atoms with van der Waals surface area (Å²) in [6.45, 7) is 3.82. The molecule has 0 atom stereocenters. The summed E-state index contributed by atoms with van der Waals surface area (Å²) in [7, 11) is 0. The maximum Gasteiger partial charge on any atom is 0.238 e. The Morgan fingerprint density at radius 1 is 1.42 bits per heavy atom. The van der Waals surface area contributed by atoms with Crippen LogP contribution in [0.15, 0.2) is 18.2 Å². The fourth-order valence-electron chi connectivity index (χ4n) is 2.05. The summed E-state index contributed by atoms with van der Waals surface area (Å²) in [5.74, 6) is -0.807. The molecule has 1 saturated heterocycles. The Bertz CT molecular complexity index is 448. The van der Waals surface area contributed by atoms with Gasteiger partial charge in [0.15, 0.2) is 5.82 Å². The van der Waals surface area contributed by atoms with Gasteiger partial charge in [-0.05, 0) is 31.6 Å². The maximum absolute atomic E-state index is 13.6. The molecule has 2 rings (SSSR count). The number of nitrogens with one attached hydrogen (secondary N) is 2. The van der Waals surface area contributed by atoms with Crippen LogP contribution in [0.4, 0.5) is 10.1 Å². The maximum atomic E-state index is 13.6. The Kier molecular flexibility index (Phi) is 5.13. The lowest BCUT2D eigenvalue weighted by Gasteiger charge is -2.18. The second-order valence-electron chi connectivity index (χ2n) is 4.53. The smallest absolute Gasteiger partial charge is 0.238 e. The molecule has 1 fully saturated rings. The molecule has 19 heavy (non-hydrogen) atoms. The first-order valence-corrected chi connectivity index (χ1v) is 6.71. The van der Waals surface area contributed by atoms with E-state index >= 15 is 0 Å². The Morgan fingerprint density at radius 3 is 3.11 bits per heavy atom. The molecule has 0 radical (unpaired) electrons. The van der Waals surface area contributed by atoms with Gasteiger partial charge in [-0.3, -0.25) is 9.69 Å². The summed E-state index contributed by atoms with van der Waals surface area (Å²) < 4.78 is 13.6. The van der Waals surface area contributed by atoms with Crippen molar-refractivity contribution in [2.75, 3.05) is 38.0 Å². The number of rotatable bonds is 3. The van der Waals surface area contributed by atoms with E-state index in [1.807, 2.05) is 0 Å². The zero-order valence-corrected chi connectivity index (χ0v) is 11.3. The number of halogens is 2. The molecule has 0 bridgehead atoms. The molecule has 1 aromatic rings. The first kappa shape index (κ1) is 14.2. The van der Waals surface area contributed by atoms with Gasteiger partial charge in [-0.25, -0.2) is 4.39 Å². The summed E-state index contributed by atoms with van der Waals surface area (Å²) in [6, 6.07) is 4.56. The van der Waals surface area contributed by atoms with Gasteiger partial charge >= 0.3 is 0 Å². The molecule has 0 aromatic heterocycles. The molecular weight excluding hydrogens is 269 g/mol. The summed E-state index contributed by atoms with van der Waals surface area (Å²) >= 11 is 5.67. The van der Waals surface area contributed by atoms with E-state index in [1.165, 1.54) is 12.1 Å². The van der Waals surface area contributed by atoms with E-state index in [9.17, 15) is 9.18 Å². The quantitative estimate of drug-likeness (QED) is 0.889. The Balaban J connectivity index is 1.91. The fraction of sp³-hybridized carbons (Fsp3) is 0.462. The molecule has 0 aliphatic carbocycles. The van der Waals surface area contributed by atoms with Gasteiger partial charge in [-0.1, -0.05) is 17.7 Å². The summed E-state index contributed by atoms with van der Waals surface area (Å²) in [5, 5.41) is 5.84. The van der Waals surface area contributed by atoms with Crippen LogP contribution in [0, 0.1) is 5.82 Å². The second kappa shape index (κ2) is 6.84. The molecular formula is C13H17ClFN3O. The van der Waals surface area contributed by atoms with Gasteiger partial charge in [0.05, 0.1) is 17.3 Å². The number of nitrogens with zero attached hydrogens (tertiary/aromatic N) is 1. The Labute approximate surface area is 116 Å². The SMILES string of the molecule is O=C(CN1CCCNCC1)Nc1cccc(Cl)c1F. The standard InChI is InChI=1S/C13H17ClFN3O/c14-10-3-1-4-11(13(10)15)17-12(19)9-18-7-2-5-16-6-8-18/h1,3-4,16H,2,5-9H2,(H,17,19). The average Bonchev–Trinajstić information content (AvgIpc) is 2.63. The number of hydrogen-bond donors (Lipinski definition) is 2. The Morgan fingerprint density at radius 2 is 2.26 bits per heavy atom. The molecule has 2 N–H and O–H groups in total. The van der Waals surface area contributed by atoms with Gasteiger partial charge in [0.2, 0.25) is 5.91 Å². The third-order valence-electron chi connectivity index (χ3n) is 3.03. The molecule has 1 aliphatic rings. The van der Waals surface area contributed by atoms with Crippen molar-refractivity contribution in [1.29, 1.82) is 0 Å². The first-order chi connectivity index (χ1) is 9.16. The van der Waals surface area contributed by atoms with Gasteiger partial charge in [0, 0.05) is 13.1 Å². The van der Waals surface area contributed by atoms with Crippen molar-refractivity contribution in [1.82, 2.24) is 10.2 Å². The number of hydrogen-bond acceptors (Lipinski definition) is 3. The molecule has 4 nitrogen and oxygen atoms in total. The minimum atomic E-state index is -0.588. The lowest BCUT2D eigenvalue weighted by atomic mass is 10.3. The highest BCUT2D eigenvalue weighted by Gasteiger charge is 2.14. The highest BCUT2D eigenvalue weighted by atomic mass is 35.5. The highest BCUT2D eigenvalue weighted by Crippen LogP contribution is 2.21. The van der Waals surface area contributed by atoms with E-state index in [2.05, 4.69) is 15.5 Å². The van der Waals surface area contributed by atoms with Crippen molar-refractivity contribution >= 4 is 23.2 Å². The zero-order chi connectivity index (χ0) is 13.7. The van der Waals surface area contributed by atoms with Crippen molar-refractivity contribution in [3.8, 4) is 0 Å². The van der Waals surface area contributed by atoms with E-state index in [0.29, 0.717) is 0 Å². The molecule has 0 spiro atoms. The minimum absolute atomic E-state index is 0.0109. The largest absolute Gasteiger partial charge is 0.322 e. The summed E-state index contributed by atoms with van der Waals surface area (Å²) in [4.78, 5) is 13.9. The van der Waals surface area contributed by atoms with Crippen LogP contribution in [-0.4, -0.2) is 43.5 Å². The average molecular weight is 286 g/mol. The van der Waals surface area contributed by atoms with Crippen molar-refractivity contribution in [2.24, 2.45) is 0 Å². The Hall–Kier alpha value is -1.17. The van der Waals surface area contributed by atoms with Crippen LogP contribution in [0.2, 0.25) is 5.02 Å². The lowest BCUT2D eigenvalue weighted by Crippen LogP contribution is -2.35. The van der Waals surface area contributed by atoms with E-state index in [-0.39, 0.29) is 23.2 Å². The molecule has 0 unspecified atom stereocenters. The third kappa shape index (κ3) is 4.16. The van der Waals surface area contributed by atoms with Crippen LogP contribution in [0.3, 0.4) is 0 Å². The van der Waals surface area contributed by atoms with Crippen LogP contribution in [-0.2, 0) is 4.79 Å². The van der Waals surface area contributed by atoms with Crippen LogP contribution >= 0.6 is 11.6 Å². The van der Waals surface area contributed by atoms with Crippen molar-refractivity contribution in [3.63, 3.8) is 0 Å². The highest BCUT2D eigenvalue weighted by molar-refractivity contribution is 6.31. The summed E-state index contributed by atoms with van der Waals surface area (Å²) in [5.41, 5.74) is 0.130. The van der Waals surface area contributed by atoms with Crippen molar-refractivity contribution in [2.45, 2.75) is 6.42 Å². The number of carbonyl (C=O) groups excluding carboxylic acids is 1. The van der Waals surface area contributed by atoms with E-state index in [1.54, 1.807) is 6.07 Å². The van der Waals surface area contributed by atoms with Crippen LogP contribution in [0.1, 0.15) is 6.42 Å². The van der Waals surface area contributed by atoms with Crippen LogP contribution < -0.4 is 10.6 Å². The van der Waals surface area contributed by atoms with E-state index in [4.69, 9.17) is 11.6 Å². The normalized spacial score (nSPS) is 16.9. The van der Waals surface area contributed by atoms with Crippen molar-refractivity contribution < 1.29 is 9.18 Å². The van der Waals surface area contributed by atoms with Gasteiger partial charge in [0.1, 0.15) is 0 Å². The van der Waals surface area contributed by atoms with Gasteiger partial charge in [0.25, 0.3) is 0 Å². The lowest BCUT2D eigenvalue weighted by molar-refractivity contribution is -0.117. The molecule has 1 amide bonds.